The number of para-hydroxylation sites is 1. The van der Waals surface area contributed by atoms with Gasteiger partial charge in [-0.25, -0.2) is 14.4 Å². The highest BCUT2D eigenvalue weighted by Gasteiger charge is 2.31. The van der Waals surface area contributed by atoms with Crippen LogP contribution in [0.25, 0.3) is 11.4 Å². The Hall–Kier alpha value is -3.82. The van der Waals surface area contributed by atoms with Crippen LogP contribution in [0.1, 0.15) is 36.5 Å². The van der Waals surface area contributed by atoms with Gasteiger partial charge >= 0.3 is 0 Å². The van der Waals surface area contributed by atoms with Gasteiger partial charge in [0, 0.05) is 25.6 Å². The fourth-order valence-electron chi connectivity index (χ4n) is 3.29. The molecule has 0 atom stereocenters. The predicted molar refractivity (Wildman–Crippen MR) is 116 cm³/mol. The van der Waals surface area contributed by atoms with Crippen LogP contribution >= 0.6 is 0 Å². The van der Waals surface area contributed by atoms with Gasteiger partial charge in [0.25, 0.3) is 0 Å². The summed E-state index contributed by atoms with van der Waals surface area (Å²) in [7, 11) is 3.23. The lowest BCUT2D eigenvalue weighted by Gasteiger charge is -2.17. The lowest BCUT2D eigenvalue weighted by molar-refractivity contribution is -0.117. The van der Waals surface area contributed by atoms with Gasteiger partial charge in [-0.15, -0.1) is 0 Å². The van der Waals surface area contributed by atoms with Gasteiger partial charge in [-0.3, -0.25) is 14.3 Å². The number of ketones is 1. The lowest BCUT2D eigenvalue weighted by Crippen LogP contribution is -2.17. The molecule has 2 heterocycles. The van der Waals surface area contributed by atoms with Crippen LogP contribution in [0.15, 0.2) is 30.7 Å². The minimum Gasteiger partial charge on any atom is -0.494 e. The summed E-state index contributed by atoms with van der Waals surface area (Å²) in [4.78, 5) is 32.9. The fourth-order valence-corrected chi connectivity index (χ4v) is 3.29. The molecule has 0 bridgehead atoms. The molecule has 1 aliphatic carbocycles. The van der Waals surface area contributed by atoms with Gasteiger partial charge in [-0.1, -0.05) is 13.0 Å². The number of pyridine rings is 1. The largest absolute Gasteiger partial charge is 0.494 e. The molecule has 2 aromatic heterocycles. The molecule has 1 saturated carbocycles. The van der Waals surface area contributed by atoms with Crippen molar-refractivity contribution in [2.45, 2.75) is 26.2 Å². The van der Waals surface area contributed by atoms with E-state index in [9.17, 15) is 9.59 Å². The third-order valence-electron chi connectivity index (χ3n) is 5.15. The van der Waals surface area contributed by atoms with Gasteiger partial charge < -0.3 is 15.4 Å². The molecule has 0 spiro atoms. The molecular formula is C22H23FN6O3. The number of benzene rings is 1. The molecular weight excluding hydrogens is 415 g/mol. The van der Waals surface area contributed by atoms with Crippen LogP contribution in [-0.2, 0) is 11.8 Å². The highest BCUT2D eigenvalue weighted by Crippen LogP contribution is 2.39. The topological polar surface area (TPSA) is 111 Å². The number of carbonyl (C=O) groups is 2. The first-order valence-corrected chi connectivity index (χ1v) is 10.3. The van der Waals surface area contributed by atoms with Gasteiger partial charge in [0.2, 0.25) is 5.91 Å². The minimum atomic E-state index is -0.818. The Kier molecular flexibility index (Phi) is 5.85. The summed E-state index contributed by atoms with van der Waals surface area (Å²) in [6.45, 7) is 1.68. The first-order chi connectivity index (χ1) is 15.4. The smallest absolute Gasteiger partial charge is 0.228 e. The Morgan fingerprint density at radius 1 is 1.28 bits per heavy atom. The number of nitrogens with one attached hydrogen (secondary N) is 2. The van der Waals surface area contributed by atoms with Crippen LogP contribution in [0.3, 0.4) is 0 Å². The summed E-state index contributed by atoms with van der Waals surface area (Å²) in [5, 5.41) is 9.79. The predicted octanol–water partition coefficient (Wildman–Crippen LogP) is 3.71. The van der Waals surface area contributed by atoms with Crippen LogP contribution in [0, 0.1) is 11.7 Å². The third kappa shape index (κ3) is 4.16. The van der Waals surface area contributed by atoms with E-state index in [-0.39, 0.29) is 41.1 Å². The molecule has 0 radical (unpaired) electrons. The van der Waals surface area contributed by atoms with Gasteiger partial charge in [0.1, 0.15) is 6.33 Å². The number of anilines is 3. The number of carbonyl (C=O) groups excluding carboxylic acids is 2. The van der Waals surface area contributed by atoms with Crippen LogP contribution < -0.4 is 15.4 Å². The van der Waals surface area contributed by atoms with Crippen molar-refractivity contribution in [2.24, 2.45) is 13.0 Å². The molecule has 0 unspecified atom stereocenters. The number of aryl methyl sites for hydroxylation is 1. The molecule has 1 aromatic carbocycles. The number of hydrogen-bond acceptors (Lipinski definition) is 7. The molecule has 2 N–H and O–H groups in total. The van der Waals surface area contributed by atoms with Crippen molar-refractivity contribution in [3.63, 3.8) is 0 Å². The zero-order valence-corrected chi connectivity index (χ0v) is 18.0. The summed E-state index contributed by atoms with van der Waals surface area (Å²) in [6.07, 6.45) is 4.55. The van der Waals surface area contributed by atoms with Crippen LogP contribution in [0.5, 0.6) is 5.75 Å². The van der Waals surface area contributed by atoms with Crippen molar-refractivity contribution in [1.82, 2.24) is 19.7 Å². The lowest BCUT2D eigenvalue weighted by atomic mass is 10.1. The van der Waals surface area contributed by atoms with Crippen LogP contribution in [0.2, 0.25) is 0 Å². The molecule has 166 valence electrons. The van der Waals surface area contributed by atoms with E-state index < -0.39 is 5.82 Å². The number of ether oxygens (including phenoxy) is 1. The number of methoxy groups -OCH3 is 1. The van der Waals surface area contributed by atoms with Gasteiger partial charge in [-0.2, -0.15) is 5.10 Å². The van der Waals surface area contributed by atoms with Crippen molar-refractivity contribution < 1.29 is 18.7 Å². The van der Waals surface area contributed by atoms with E-state index >= 15 is 4.39 Å². The molecule has 1 aliphatic rings. The zero-order valence-electron chi connectivity index (χ0n) is 18.0. The fraction of sp³-hybridized carbons (Fsp3) is 0.318. The monoisotopic (exact) mass is 438 g/mol. The molecule has 1 amide bonds. The maximum absolute atomic E-state index is 15.5. The van der Waals surface area contributed by atoms with Crippen molar-refractivity contribution in [3.8, 4) is 17.1 Å². The Bertz CT molecular complexity index is 1190. The first kappa shape index (κ1) is 21.4. The molecule has 32 heavy (non-hydrogen) atoms. The Morgan fingerprint density at radius 2 is 2.06 bits per heavy atom. The summed E-state index contributed by atoms with van der Waals surface area (Å²) in [5.41, 5.74) is 1.01. The maximum atomic E-state index is 15.5. The Balaban J connectivity index is 1.77. The normalized spacial score (nSPS) is 13.0. The number of halogens is 1. The van der Waals surface area contributed by atoms with Crippen molar-refractivity contribution in [1.29, 1.82) is 0 Å². The molecule has 10 heteroatoms. The second kappa shape index (κ2) is 8.74. The molecule has 9 nitrogen and oxygen atoms in total. The molecule has 0 aliphatic heterocycles. The van der Waals surface area contributed by atoms with E-state index in [0.717, 1.165) is 12.8 Å². The second-order valence-electron chi connectivity index (χ2n) is 7.50. The molecule has 4 rings (SSSR count). The van der Waals surface area contributed by atoms with Crippen molar-refractivity contribution in [2.75, 3.05) is 17.7 Å². The molecule has 0 saturated heterocycles. The number of rotatable bonds is 8. The highest BCUT2D eigenvalue weighted by molar-refractivity contribution is 6.03. The van der Waals surface area contributed by atoms with Crippen molar-refractivity contribution >= 4 is 28.9 Å². The van der Waals surface area contributed by atoms with Gasteiger partial charge in [-0.05, 0) is 25.0 Å². The molecule has 1 fully saturated rings. The van der Waals surface area contributed by atoms with E-state index in [0.29, 0.717) is 22.8 Å². The summed E-state index contributed by atoms with van der Waals surface area (Å²) in [6, 6.07) is 5.21. The number of nitrogens with zero attached hydrogens (tertiary/aromatic N) is 4. The second-order valence-corrected chi connectivity index (χ2v) is 7.50. The SMILES string of the molecule is CCC(=O)c1cnc(NC(=O)C2CC2)c(F)c1Nc1cccc(-c2ncn(C)n2)c1OC. The summed E-state index contributed by atoms with van der Waals surface area (Å²) in [5.74, 6) is -0.912. The number of aromatic nitrogens is 4. The van der Waals surface area contributed by atoms with E-state index in [2.05, 4.69) is 25.7 Å². The third-order valence-corrected chi connectivity index (χ3v) is 5.15. The van der Waals surface area contributed by atoms with Crippen molar-refractivity contribution in [3.05, 3.63) is 42.1 Å². The standard InChI is InChI=1S/C22H23FN6O3/c1-4-16(30)14-10-24-21(27-22(31)12-8-9-12)17(23)18(14)26-15-7-5-6-13(19(15)32-3)20-25-11-29(2)28-20/h5-7,10-12H,4,8-9H2,1-3H3,(H2,24,26,27,31). The first-order valence-electron chi connectivity index (χ1n) is 10.3. The zero-order chi connectivity index (χ0) is 22.8. The van der Waals surface area contributed by atoms with E-state index in [1.54, 1.807) is 43.2 Å². The summed E-state index contributed by atoms with van der Waals surface area (Å²) >= 11 is 0. The maximum Gasteiger partial charge on any atom is 0.228 e. The minimum absolute atomic E-state index is 0.0811. The quantitative estimate of drug-likeness (QED) is 0.516. The number of hydrogen-bond donors (Lipinski definition) is 2. The molecule has 3 aromatic rings. The summed E-state index contributed by atoms with van der Waals surface area (Å²) < 4.78 is 22.6. The number of Topliss-reactive ketones (excluding diaryl/α,β-unsaturated/α-hetero) is 1. The average molecular weight is 438 g/mol. The van der Waals surface area contributed by atoms with E-state index in [1.807, 2.05) is 0 Å². The van der Waals surface area contributed by atoms with Crippen LogP contribution in [-0.4, -0.2) is 38.5 Å². The van der Waals surface area contributed by atoms with Gasteiger partial charge in [0.15, 0.2) is 29.0 Å². The van der Waals surface area contributed by atoms with Crippen LogP contribution in [0.4, 0.5) is 21.6 Å². The Morgan fingerprint density at radius 3 is 2.69 bits per heavy atom. The highest BCUT2D eigenvalue weighted by atomic mass is 19.1. The van der Waals surface area contributed by atoms with E-state index in [4.69, 9.17) is 4.74 Å². The van der Waals surface area contributed by atoms with Gasteiger partial charge in [0.05, 0.1) is 29.6 Å². The average Bonchev–Trinajstić information content (AvgIpc) is 3.56. The number of amides is 1. The van der Waals surface area contributed by atoms with E-state index in [1.165, 1.54) is 13.3 Å². The Labute approximate surface area is 184 Å².